The predicted octanol–water partition coefficient (Wildman–Crippen LogP) is 3.74. The number of nitrogens with zero attached hydrogens (tertiary/aromatic N) is 1. The van der Waals surface area contributed by atoms with Crippen molar-refractivity contribution in [3.8, 4) is 0 Å². The maximum atomic E-state index is 14.1. The molecule has 1 fully saturated rings. The monoisotopic (exact) mass is 550 g/mol. The molecule has 2 aromatic rings. The van der Waals surface area contributed by atoms with Gasteiger partial charge in [-0.05, 0) is 48.2 Å². The van der Waals surface area contributed by atoms with E-state index in [1.807, 2.05) is 0 Å². The van der Waals surface area contributed by atoms with E-state index in [9.17, 15) is 39.2 Å². The topological polar surface area (TPSA) is 121 Å². The Balaban J connectivity index is 1.86. The van der Waals surface area contributed by atoms with E-state index < -0.39 is 69.7 Å². The molecule has 2 N–H and O–H groups in total. The van der Waals surface area contributed by atoms with Gasteiger partial charge in [0.05, 0.1) is 20.2 Å². The summed E-state index contributed by atoms with van der Waals surface area (Å²) >= 11 is 0. The molecule has 4 rings (SSSR count). The number of benzene rings is 2. The summed E-state index contributed by atoms with van der Waals surface area (Å²) in [6.45, 7) is 2.90. The van der Waals surface area contributed by atoms with Gasteiger partial charge in [0.25, 0.3) is 0 Å². The molecule has 0 aliphatic carbocycles. The standard InChI is InChI=1S/C22H22F4N2O6S2/c1-21(2)14-4-3-12(23)9-17(14)35(31,32)18-11-19(16(10-15(18)21)22(24,25)26)36(33,34)27-13-5-7-28(8-6-13)20(29)30/h3-4,9-11,13,27H,5-8H2,1-2H3,(H,29,30). The molecule has 2 aliphatic rings. The molecule has 196 valence electrons. The number of halogens is 4. The minimum atomic E-state index is -5.14. The van der Waals surface area contributed by atoms with Gasteiger partial charge in [-0.3, -0.25) is 0 Å². The molecule has 36 heavy (non-hydrogen) atoms. The molecule has 2 aromatic carbocycles. The number of rotatable bonds is 3. The molecule has 1 amide bonds. The van der Waals surface area contributed by atoms with Crippen LogP contribution in [0.15, 0.2) is 45.0 Å². The Hall–Kier alpha value is -2.71. The fraction of sp³-hybridized carbons (Fsp3) is 0.409. The molecule has 0 atom stereocenters. The highest BCUT2D eigenvalue weighted by Gasteiger charge is 2.46. The summed E-state index contributed by atoms with van der Waals surface area (Å²) in [6.07, 6.45) is -6.30. The summed E-state index contributed by atoms with van der Waals surface area (Å²) in [4.78, 5) is 9.74. The Morgan fingerprint density at radius 3 is 2.22 bits per heavy atom. The van der Waals surface area contributed by atoms with Crippen LogP contribution < -0.4 is 4.72 Å². The van der Waals surface area contributed by atoms with E-state index in [1.54, 1.807) is 0 Å². The Morgan fingerprint density at radius 2 is 1.67 bits per heavy atom. The highest BCUT2D eigenvalue weighted by atomic mass is 32.2. The van der Waals surface area contributed by atoms with Gasteiger partial charge in [-0.25, -0.2) is 30.7 Å². The lowest BCUT2D eigenvalue weighted by atomic mass is 9.77. The van der Waals surface area contributed by atoms with E-state index in [4.69, 9.17) is 5.11 Å². The SMILES string of the molecule is CC1(C)c2ccc(F)cc2S(=O)(=O)c2cc(S(=O)(=O)NC3CCN(C(=O)O)CC3)c(C(F)(F)F)cc21. The van der Waals surface area contributed by atoms with E-state index in [1.165, 1.54) is 19.9 Å². The second-order valence-electron chi connectivity index (χ2n) is 9.28. The third-order valence-electron chi connectivity index (χ3n) is 6.63. The van der Waals surface area contributed by atoms with Crippen molar-refractivity contribution in [2.45, 2.75) is 59.0 Å². The van der Waals surface area contributed by atoms with Crippen molar-refractivity contribution in [2.24, 2.45) is 0 Å². The zero-order valence-electron chi connectivity index (χ0n) is 19.1. The van der Waals surface area contributed by atoms with Gasteiger partial charge in [-0.1, -0.05) is 19.9 Å². The molecule has 0 spiro atoms. The highest BCUT2D eigenvalue weighted by molar-refractivity contribution is 7.92. The normalized spacial score (nSPS) is 19.4. The summed E-state index contributed by atoms with van der Waals surface area (Å²) in [5.41, 5.74) is -3.03. The van der Waals surface area contributed by atoms with Crippen LogP contribution in [0.4, 0.5) is 22.4 Å². The van der Waals surface area contributed by atoms with Gasteiger partial charge >= 0.3 is 12.3 Å². The number of hydrogen-bond donors (Lipinski definition) is 2. The van der Waals surface area contributed by atoms with E-state index in [0.717, 1.165) is 17.0 Å². The third-order valence-corrected chi connectivity index (χ3v) is 10.0. The fourth-order valence-corrected chi connectivity index (χ4v) is 8.29. The van der Waals surface area contributed by atoms with E-state index in [2.05, 4.69) is 4.72 Å². The number of sulfone groups is 1. The summed E-state index contributed by atoms with van der Waals surface area (Å²) in [5.74, 6) is -0.870. The summed E-state index contributed by atoms with van der Waals surface area (Å²) < 4.78 is 111. The smallest absolute Gasteiger partial charge is 0.417 e. The van der Waals surface area contributed by atoms with Crippen LogP contribution in [-0.2, 0) is 31.5 Å². The number of carboxylic acid groups (broad SMARTS) is 1. The second-order valence-corrected chi connectivity index (χ2v) is 12.8. The molecular weight excluding hydrogens is 528 g/mol. The highest BCUT2D eigenvalue weighted by Crippen LogP contribution is 2.49. The number of fused-ring (bicyclic) bond motifs is 2. The number of amides is 1. The molecule has 8 nitrogen and oxygen atoms in total. The van der Waals surface area contributed by atoms with Gasteiger partial charge in [-0.2, -0.15) is 13.2 Å². The summed E-state index contributed by atoms with van der Waals surface area (Å²) in [7, 11) is -9.45. The zero-order valence-corrected chi connectivity index (χ0v) is 20.7. The van der Waals surface area contributed by atoms with Gasteiger partial charge in [0, 0.05) is 24.5 Å². The van der Waals surface area contributed by atoms with Gasteiger partial charge in [0.1, 0.15) is 5.82 Å². The van der Waals surface area contributed by atoms with E-state index in [-0.39, 0.29) is 37.1 Å². The third kappa shape index (κ3) is 4.34. The second kappa shape index (κ2) is 8.42. The van der Waals surface area contributed by atoms with Crippen molar-refractivity contribution in [3.05, 3.63) is 52.8 Å². The van der Waals surface area contributed by atoms with Crippen LogP contribution in [0.3, 0.4) is 0 Å². The zero-order chi connectivity index (χ0) is 26.8. The van der Waals surface area contributed by atoms with Crippen LogP contribution >= 0.6 is 0 Å². The molecule has 1 saturated heterocycles. The number of nitrogens with one attached hydrogen (secondary N) is 1. The van der Waals surface area contributed by atoms with Crippen molar-refractivity contribution in [3.63, 3.8) is 0 Å². The molecule has 0 saturated carbocycles. The number of sulfonamides is 1. The minimum Gasteiger partial charge on any atom is -0.465 e. The van der Waals surface area contributed by atoms with Crippen LogP contribution in [0.1, 0.15) is 43.4 Å². The van der Waals surface area contributed by atoms with Crippen molar-refractivity contribution in [1.29, 1.82) is 0 Å². The number of hydrogen-bond acceptors (Lipinski definition) is 5. The van der Waals surface area contributed by atoms with E-state index in [0.29, 0.717) is 12.1 Å². The minimum absolute atomic E-state index is 0.0236. The first-order valence-corrected chi connectivity index (χ1v) is 13.7. The summed E-state index contributed by atoms with van der Waals surface area (Å²) in [5, 5.41) is 9.03. The lowest BCUT2D eigenvalue weighted by Gasteiger charge is -2.36. The fourth-order valence-electron chi connectivity index (χ4n) is 4.69. The number of piperidine rings is 1. The van der Waals surface area contributed by atoms with Gasteiger partial charge in [-0.15, -0.1) is 0 Å². The quantitative estimate of drug-likeness (QED) is 0.562. The molecule has 0 aromatic heterocycles. The average Bonchev–Trinajstić information content (AvgIpc) is 2.76. The molecule has 14 heteroatoms. The average molecular weight is 551 g/mol. The predicted molar refractivity (Wildman–Crippen MR) is 118 cm³/mol. The molecule has 0 bridgehead atoms. The first-order valence-electron chi connectivity index (χ1n) is 10.8. The molecular formula is C22H22F4N2O6S2. The van der Waals surface area contributed by atoms with E-state index >= 15 is 0 Å². The number of alkyl halides is 3. The van der Waals surface area contributed by atoms with Crippen molar-refractivity contribution in [1.82, 2.24) is 9.62 Å². The van der Waals surface area contributed by atoms with Crippen LogP contribution in [0, 0.1) is 5.82 Å². The van der Waals surface area contributed by atoms with Crippen LogP contribution in [0.5, 0.6) is 0 Å². The summed E-state index contributed by atoms with van der Waals surface area (Å²) in [6, 6.07) is 3.11. The lowest BCUT2D eigenvalue weighted by molar-refractivity contribution is -0.140. The molecule has 2 heterocycles. The van der Waals surface area contributed by atoms with Crippen molar-refractivity contribution < 1.29 is 44.3 Å². The first kappa shape index (κ1) is 26.4. The van der Waals surface area contributed by atoms with Crippen LogP contribution in [0.2, 0.25) is 0 Å². The maximum absolute atomic E-state index is 14.1. The van der Waals surface area contributed by atoms with Gasteiger partial charge in [0.15, 0.2) is 0 Å². The number of likely N-dealkylation sites (tertiary alicyclic amines) is 1. The maximum Gasteiger partial charge on any atom is 0.417 e. The van der Waals surface area contributed by atoms with Crippen molar-refractivity contribution >= 4 is 26.0 Å². The molecule has 2 aliphatic heterocycles. The van der Waals surface area contributed by atoms with Gasteiger partial charge < -0.3 is 10.0 Å². The number of carbonyl (C=O) groups is 1. The largest absolute Gasteiger partial charge is 0.465 e. The first-order chi connectivity index (χ1) is 16.5. The van der Waals surface area contributed by atoms with Crippen LogP contribution in [0.25, 0.3) is 0 Å². The van der Waals surface area contributed by atoms with Crippen LogP contribution in [-0.4, -0.2) is 52.1 Å². The van der Waals surface area contributed by atoms with Gasteiger partial charge in [0.2, 0.25) is 19.9 Å². The Bertz CT molecular complexity index is 1460. The lowest BCUT2D eigenvalue weighted by Crippen LogP contribution is -2.46. The molecule has 0 radical (unpaired) electrons. The Kier molecular flexibility index (Phi) is 6.16. The van der Waals surface area contributed by atoms with Crippen molar-refractivity contribution in [2.75, 3.05) is 13.1 Å². The molecule has 0 unspecified atom stereocenters. The Labute approximate surface area is 204 Å². The Morgan fingerprint density at radius 1 is 1.08 bits per heavy atom.